The van der Waals surface area contributed by atoms with Gasteiger partial charge in [-0.05, 0) is 18.6 Å². The Morgan fingerprint density at radius 3 is 2.86 bits per heavy atom. The minimum Gasteiger partial charge on any atom is -0.495 e. The third-order valence-corrected chi connectivity index (χ3v) is 4.67. The fourth-order valence-corrected chi connectivity index (χ4v) is 3.25. The Balaban J connectivity index is 2.08. The lowest BCUT2D eigenvalue weighted by Gasteiger charge is -2.13. The summed E-state index contributed by atoms with van der Waals surface area (Å²) in [7, 11) is 1.50. The SMILES string of the molecule is COc1cc(Cl)c(C)cc1NC(=O)C[C@H]1SC(=S)NC1=O. The van der Waals surface area contributed by atoms with Crippen LogP contribution in [0.25, 0.3) is 0 Å². The average molecular weight is 345 g/mol. The molecule has 0 spiro atoms. The number of hydrogen-bond donors (Lipinski definition) is 2. The number of carbonyl (C=O) groups is 2. The Bertz CT molecular complexity index is 622. The maximum atomic E-state index is 12.0. The molecule has 0 radical (unpaired) electrons. The van der Waals surface area contributed by atoms with Crippen LogP contribution in [-0.4, -0.2) is 28.5 Å². The molecule has 2 rings (SSSR count). The zero-order valence-electron chi connectivity index (χ0n) is 11.4. The topological polar surface area (TPSA) is 67.4 Å². The molecule has 0 aromatic heterocycles. The van der Waals surface area contributed by atoms with Crippen LogP contribution < -0.4 is 15.4 Å². The number of thiocarbonyl (C=S) groups is 1. The van der Waals surface area contributed by atoms with Gasteiger partial charge in [0.1, 0.15) is 10.1 Å². The first-order chi connectivity index (χ1) is 9.90. The summed E-state index contributed by atoms with van der Waals surface area (Å²) in [4.78, 5) is 23.6. The van der Waals surface area contributed by atoms with Crippen molar-refractivity contribution in [1.82, 2.24) is 5.32 Å². The molecule has 21 heavy (non-hydrogen) atoms. The maximum Gasteiger partial charge on any atom is 0.239 e. The normalized spacial score (nSPS) is 17.6. The third kappa shape index (κ3) is 3.87. The second-order valence-corrected chi connectivity index (χ2v) is 6.72. The molecule has 0 unspecified atom stereocenters. The molecule has 1 aliphatic rings. The summed E-state index contributed by atoms with van der Waals surface area (Å²) in [6.07, 6.45) is 0.0431. The van der Waals surface area contributed by atoms with E-state index in [2.05, 4.69) is 10.6 Å². The van der Waals surface area contributed by atoms with Crippen LogP contribution in [0.5, 0.6) is 5.75 Å². The lowest BCUT2D eigenvalue weighted by molar-refractivity contribution is -0.122. The number of halogens is 1. The molecule has 1 aliphatic heterocycles. The number of amides is 2. The summed E-state index contributed by atoms with van der Waals surface area (Å²) in [5, 5.41) is 5.31. The lowest BCUT2D eigenvalue weighted by atomic mass is 10.2. The van der Waals surface area contributed by atoms with Gasteiger partial charge in [0.05, 0.1) is 18.0 Å². The van der Waals surface area contributed by atoms with E-state index in [0.29, 0.717) is 20.8 Å². The van der Waals surface area contributed by atoms with Crippen molar-refractivity contribution in [3.05, 3.63) is 22.7 Å². The number of methoxy groups -OCH3 is 1. The Morgan fingerprint density at radius 2 is 2.29 bits per heavy atom. The highest BCUT2D eigenvalue weighted by Crippen LogP contribution is 2.31. The highest BCUT2D eigenvalue weighted by molar-refractivity contribution is 8.24. The van der Waals surface area contributed by atoms with E-state index in [-0.39, 0.29) is 18.2 Å². The molecule has 1 saturated heterocycles. The highest BCUT2D eigenvalue weighted by Gasteiger charge is 2.31. The van der Waals surface area contributed by atoms with E-state index in [1.807, 2.05) is 6.92 Å². The predicted molar refractivity (Wildman–Crippen MR) is 88.1 cm³/mol. The summed E-state index contributed by atoms with van der Waals surface area (Å²) in [6.45, 7) is 1.83. The van der Waals surface area contributed by atoms with Gasteiger partial charge in [-0.25, -0.2) is 0 Å². The van der Waals surface area contributed by atoms with Crippen molar-refractivity contribution in [1.29, 1.82) is 0 Å². The van der Waals surface area contributed by atoms with Gasteiger partial charge in [-0.1, -0.05) is 35.6 Å². The Kier molecular flexibility index (Phi) is 5.08. The maximum absolute atomic E-state index is 12.0. The predicted octanol–water partition coefficient (Wildman–Crippen LogP) is 2.50. The van der Waals surface area contributed by atoms with Gasteiger partial charge in [-0.3, -0.25) is 9.59 Å². The molecule has 1 aromatic rings. The monoisotopic (exact) mass is 344 g/mol. The summed E-state index contributed by atoms with van der Waals surface area (Å²) < 4.78 is 5.59. The van der Waals surface area contributed by atoms with Gasteiger partial charge in [0, 0.05) is 17.5 Å². The van der Waals surface area contributed by atoms with Crippen molar-refractivity contribution in [2.75, 3.05) is 12.4 Å². The van der Waals surface area contributed by atoms with Crippen LogP contribution in [0, 0.1) is 6.92 Å². The molecule has 8 heteroatoms. The molecule has 0 aliphatic carbocycles. The number of aryl methyl sites for hydroxylation is 1. The fraction of sp³-hybridized carbons (Fsp3) is 0.308. The summed E-state index contributed by atoms with van der Waals surface area (Å²) >= 11 is 12.1. The molecule has 1 fully saturated rings. The van der Waals surface area contributed by atoms with Crippen molar-refractivity contribution in [3.8, 4) is 5.75 Å². The second-order valence-electron chi connectivity index (χ2n) is 4.44. The van der Waals surface area contributed by atoms with E-state index in [1.54, 1.807) is 12.1 Å². The summed E-state index contributed by atoms with van der Waals surface area (Å²) in [6, 6.07) is 3.37. The zero-order valence-corrected chi connectivity index (χ0v) is 13.7. The molecule has 1 heterocycles. The Labute approximate surface area is 136 Å². The van der Waals surface area contributed by atoms with E-state index in [9.17, 15) is 9.59 Å². The summed E-state index contributed by atoms with van der Waals surface area (Å²) in [5.41, 5.74) is 1.34. The van der Waals surface area contributed by atoms with Crippen molar-refractivity contribution in [3.63, 3.8) is 0 Å². The Morgan fingerprint density at radius 1 is 1.57 bits per heavy atom. The second kappa shape index (κ2) is 6.64. The van der Waals surface area contributed by atoms with Crippen LogP contribution >= 0.6 is 35.6 Å². The van der Waals surface area contributed by atoms with Crippen LogP contribution in [-0.2, 0) is 9.59 Å². The number of ether oxygens (including phenoxy) is 1. The van der Waals surface area contributed by atoms with Gasteiger partial charge in [-0.15, -0.1) is 0 Å². The number of benzene rings is 1. The van der Waals surface area contributed by atoms with E-state index in [4.69, 9.17) is 28.6 Å². The molecule has 5 nitrogen and oxygen atoms in total. The van der Waals surface area contributed by atoms with Crippen molar-refractivity contribution in [2.45, 2.75) is 18.6 Å². The molecule has 2 amide bonds. The number of hydrogen-bond acceptors (Lipinski definition) is 5. The van der Waals surface area contributed by atoms with Gasteiger partial charge in [-0.2, -0.15) is 0 Å². The number of anilines is 1. The minimum atomic E-state index is -0.489. The van der Waals surface area contributed by atoms with E-state index >= 15 is 0 Å². The van der Waals surface area contributed by atoms with Crippen molar-refractivity contribution in [2.24, 2.45) is 0 Å². The van der Waals surface area contributed by atoms with Crippen LogP contribution in [0.1, 0.15) is 12.0 Å². The smallest absolute Gasteiger partial charge is 0.239 e. The van der Waals surface area contributed by atoms with Crippen molar-refractivity contribution < 1.29 is 14.3 Å². The lowest BCUT2D eigenvalue weighted by Crippen LogP contribution is -2.27. The number of thioether (sulfide) groups is 1. The van der Waals surface area contributed by atoms with Gasteiger partial charge >= 0.3 is 0 Å². The highest BCUT2D eigenvalue weighted by atomic mass is 35.5. The third-order valence-electron chi connectivity index (χ3n) is 2.89. The first-order valence-electron chi connectivity index (χ1n) is 6.06. The summed E-state index contributed by atoms with van der Waals surface area (Å²) in [5.74, 6) is -0.0511. The standard InChI is InChI=1S/C13H13ClN2O3S2/c1-6-3-8(9(19-2)4-7(6)14)15-11(17)5-10-12(18)16-13(20)21-10/h3-4,10H,5H2,1-2H3,(H,15,17)(H,16,18,20)/t10-/m1/s1. The van der Waals surface area contributed by atoms with Gasteiger partial charge in [0.25, 0.3) is 0 Å². The molecule has 2 N–H and O–H groups in total. The van der Waals surface area contributed by atoms with E-state index in [0.717, 1.165) is 5.56 Å². The van der Waals surface area contributed by atoms with Crippen molar-refractivity contribution >= 4 is 57.4 Å². The average Bonchev–Trinajstić information content (AvgIpc) is 2.71. The first-order valence-corrected chi connectivity index (χ1v) is 7.72. The van der Waals surface area contributed by atoms with Gasteiger partial charge in [0.2, 0.25) is 11.8 Å². The number of nitrogens with one attached hydrogen (secondary N) is 2. The van der Waals surface area contributed by atoms with Crippen LogP contribution in [0.3, 0.4) is 0 Å². The van der Waals surface area contributed by atoms with Crippen LogP contribution in [0.2, 0.25) is 5.02 Å². The fourth-order valence-electron chi connectivity index (χ4n) is 1.83. The molecule has 112 valence electrons. The molecule has 0 bridgehead atoms. The first kappa shape index (κ1) is 16.1. The molecule has 0 saturated carbocycles. The number of rotatable bonds is 4. The largest absolute Gasteiger partial charge is 0.495 e. The molecule has 1 aromatic carbocycles. The van der Waals surface area contributed by atoms with Crippen LogP contribution in [0.4, 0.5) is 5.69 Å². The molecule has 1 atom stereocenters. The van der Waals surface area contributed by atoms with Gasteiger partial charge < -0.3 is 15.4 Å². The van der Waals surface area contributed by atoms with E-state index in [1.165, 1.54) is 18.9 Å². The van der Waals surface area contributed by atoms with Crippen LogP contribution in [0.15, 0.2) is 12.1 Å². The minimum absolute atomic E-state index is 0.0431. The zero-order chi connectivity index (χ0) is 15.6. The molecular weight excluding hydrogens is 332 g/mol. The van der Waals surface area contributed by atoms with E-state index < -0.39 is 5.25 Å². The number of carbonyl (C=O) groups excluding carboxylic acids is 2. The molecular formula is C13H13ClN2O3S2. The Hall–Kier alpha value is -1.31. The quantitative estimate of drug-likeness (QED) is 0.821. The van der Waals surface area contributed by atoms with Gasteiger partial charge in [0.15, 0.2) is 0 Å².